The lowest BCUT2D eigenvalue weighted by atomic mass is 10.0. The smallest absolute Gasteiger partial charge is 0.239 e. The van der Waals surface area contributed by atoms with Gasteiger partial charge in [-0.2, -0.15) is 5.10 Å². The Labute approximate surface area is 98.5 Å². The molecule has 4 nitrogen and oxygen atoms in total. The molecule has 0 saturated carbocycles. The molecule has 2 rings (SSSR count). The third-order valence-corrected chi connectivity index (χ3v) is 2.50. The van der Waals surface area contributed by atoms with Gasteiger partial charge < -0.3 is 4.74 Å². The molecule has 0 aromatic heterocycles. The lowest BCUT2D eigenvalue weighted by Crippen LogP contribution is -2.23. The van der Waals surface area contributed by atoms with Crippen molar-refractivity contribution >= 4 is 11.6 Å². The van der Waals surface area contributed by atoms with Crippen molar-refractivity contribution in [3.8, 4) is 5.75 Å². The van der Waals surface area contributed by atoms with E-state index < -0.39 is 0 Å². The quantitative estimate of drug-likeness (QED) is 0.796. The number of nitrogens with zero attached hydrogens (tertiary/aromatic N) is 1. The summed E-state index contributed by atoms with van der Waals surface area (Å²) in [7, 11) is 0. The highest BCUT2D eigenvalue weighted by Gasteiger charge is 2.20. The molecule has 1 heterocycles. The Morgan fingerprint density at radius 3 is 3.18 bits per heavy atom. The van der Waals surface area contributed by atoms with Crippen LogP contribution in [0.15, 0.2) is 23.3 Å². The predicted octanol–water partition coefficient (Wildman–Crippen LogP) is 1.84. The predicted molar refractivity (Wildman–Crippen MR) is 61.5 cm³/mol. The second-order valence-corrected chi connectivity index (χ2v) is 3.66. The summed E-state index contributed by atoms with van der Waals surface area (Å²) in [6.45, 7) is 2.17. The molecule has 0 spiro atoms. The number of hydrogen-bond acceptors (Lipinski definition) is 3. The minimum Gasteiger partial charge on any atom is -0.492 e. The van der Waals surface area contributed by atoms with Crippen molar-refractivity contribution in [1.29, 1.82) is 0 Å². The van der Waals surface area contributed by atoms with E-state index in [1.807, 2.05) is 0 Å². The van der Waals surface area contributed by atoms with E-state index >= 15 is 0 Å². The Morgan fingerprint density at radius 1 is 1.59 bits per heavy atom. The molecular formula is C12H13FN2O2. The van der Waals surface area contributed by atoms with E-state index in [0.717, 1.165) is 0 Å². The van der Waals surface area contributed by atoms with E-state index in [2.05, 4.69) is 10.5 Å². The maximum Gasteiger partial charge on any atom is 0.239 e. The SMILES string of the molecule is CCC(=O)N/N=C1/CCOc2cccc(F)c21. The molecule has 5 heteroatoms. The van der Waals surface area contributed by atoms with Gasteiger partial charge in [-0.05, 0) is 12.1 Å². The van der Waals surface area contributed by atoms with E-state index in [0.29, 0.717) is 36.5 Å². The molecular weight excluding hydrogens is 223 g/mol. The topological polar surface area (TPSA) is 50.7 Å². The van der Waals surface area contributed by atoms with Crippen LogP contribution in [0.3, 0.4) is 0 Å². The molecule has 0 unspecified atom stereocenters. The molecule has 1 aliphatic heterocycles. The van der Waals surface area contributed by atoms with Crippen LogP contribution in [0.2, 0.25) is 0 Å². The third kappa shape index (κ3) is 2.43. The summed E-state index contributed by atoms with van der Waals surface area (Å²) in [4.78, 5) is 11.1. The first-order valence-corrected chi connectivity index (χ1v) is 5.49. The van der Waals surface area contributed by atoms with Crippen molar-refractivity contribution < 1.29 is 13.9 Å². The summed E-state index contributed by atoms with van der Waals surface area (Å²) in [5.41, 5.74) is 3.26. The summed E-state index contributed by atoms with van der Waals surface area (Å²) < 4.78 is 19.0. The normalized spacial score (nSPS) is 16.2. The number of halogens is 1. The van der Waals surface area contributed by atoms with Crippen molar-refractivity contribution in [3.63, 3.8) is 0 Å². The fraction of sp³-hybridized carbons (Fsp3) is 0.333. The number of carbonyl (C=O) groups is 1. The number of benzene rings is 1. The highest BCUT2D eigenvalue weighted by atomic mass is 19.1. The van der Waals surface area contributed by atoms with Crippen molar-refractivity contribution in [1.82, 2.24) is 5.43 Å². The summed E-state index contributed by atoms with van der Waals surface area (Å²) in [5, 5.41) is 3.95. The molecule has 90 valence electrons. The van der Waals surface area contributed by atoms with Gasteiger partial charge in [-0.1, -0.05) is 13.0 Å². The largest absolute Gasteiger partial charge is 0.492 e. The molecule has 1 aromatic rings. The number of fused-ring (bicyclic) bond motifs is 1. The fourth-order valence-corrected chi connectivity index (χ4v) is 1.61. The van der Waals surface area contributed by atoms with Crippen LogP contribution in [-0.2, 0) is 4.79 Å². The van der Waals surface area contributed by atoms with Crippen molar-refractivity contribution in [2.75, 3.05) is 6.61 Å². The second-order valence-electron chi connectivity index (χ2n) is 3.66. The van der Waals surface area contributed by atoms with Gasteiger partial charge in [0.05, 0.1) is 17.9 Å². The van der Waals surface area contributed by atoms with Crippen LogP contribution >= 0.6 is 0 Å². The van der Waals surface area contributed by atoms with E-state index in [4.69, 9.17) is 4.74 Å². The Bertz CT molecular complexity index is 472. The van der Waals surface area contributed by atoms with Crippen molar-refractivity contribution in [2.24, 2.45) is 5.10 Å². The van der Waals surface area contributed by atoms with E-state index in [9.17, 15) is 9.18 Å². The van der Waals surface area contributed by atoms with Gasteiger partial charge >= 0.3 is 0 Å². The van der Waals surface area contributed by atoms with Crippen molar-refractivity contribution in [3.05, 3.63) is 29.6 Å². The van der Waals surface area contributed by atoms with Crippen LogP contribution in [0.5, 0.6) is 5.75 Å². The summed E-state index contributed by atoms with van der Waals surface area (Å²) >= 11 is 0. The van der Waals surface area contributed by atoms with Crippen LogP contribution in [0.4, 0.5) is 4.39 Å². The first kappa shape index (κ1) is 11.6. The van der Waals surface area contributed by atoms with Crippen LogP contribution in [0.25, 0.3) is 0 Å². The van der Waals surface area contributed by atoms with Gasteiger partial charge in [0.1, 0.15) is 11.6 Å². The summed E-state index contributed by atoms with van der Waals surface area (Å²) in [6, 6.07) is 4.63. The molecule has 0 fully saturated rings. The average Bonchev–Trinajstić information content (AvgIpc) is 2.36. The van der Waals surface area contributed by atoms with Gasteiger partial charge in [-0.3, -0.25) is 4.79 Å². The van der Waals surface area contributed by atoms with Crippen molar-refractivity contribution in [2.45, 2.75) is 19.8 Å². The summed E-state index contributed by atoms with van der Waals surface area (Å²) in [5.74, 6) is -0.102. The van der Waals surface area contributed by atoms with Crippen LogP contribution in [0, 0.1) is 5.82 Å². The van der Waals surface area contributed by atoms with Gasteiger partial charge in [-0.25, -0.2) is 9.82 Å². The summed E-state index contributed by atoms with van der Waals surface area (Å²) in [6.07, 6.45) is 0.829. The molecule has 0 aliphatic carbocycles. The maximum atomic E-state index is 13.7. The molecule has 0 bridgehead atoms. The van der Waals surface area contributed by atoms with Crippen LogP contribution in [0.1, 0.15) is 25.3 Å². The molecule has 0 atom stereocenters. The molecule has 1 aromatic carbocycles. The first-order chi connectivity index (χ1) is 8.22. The minimum absolute atomic E-state index is 0.193. The lowest BCUT2D eigenvalue weighted by Gasteiger charge is -2.19. The minimum atomic E-state index is -0.383. The number of ether oxygens (including phenoxy) is 1. The molecule has 17 heavy (non-hydrogen) atoms. The molecule has 0 saturated heterocycles. The number of rotatable bonds is 2. The van der Waals surface area contributed by atoms with Gasteiger partial charge in [0.25, 0.3) is 0 Å². The Morgan fingerprint density at radius 2 is 2.41 bits per heavy atom. The standard InChI is InChI=1S/C12H13FN2O2/c1-2-11(16)15-14-9-6-7-17-10-5-3-4-8(13)12(9)10/h3-5H,2,6-7H2,1H3,(H,15,16)/b14-9-. The number of carbonyl (C=O) groups excluding carboxylic acids is 1. The second kappa shape index (κ2) is 4.95. The monoisotopic (exact) mass is 236 g/mol. The Balaban J connectivity index is 2.31. The molecule has 1 aliphatic rings. The molecule has 0 radical (unpaired) electrons. The maximum absolute atomic E-state index is 13.7. The number of hydrazone groups is 1. The molecule has 1 amide bonds. The fourth-order valence-electron chi connectivity index (χ4n) is 1.61. The average molecular weight is 236 g/mol. The lowest BCUT2D eigenvalue weighted by molar-refractivity contribution is -0.120. The Hall–Kier alpha value is -1.91. The zero-order valence-electron chi connectivity index (χ0n) is 9.50. The zero-order valence-corrected chi connectivity index (χ0v) is 9.50. The molecule has 1 N–H and O–H groups in total. The first-order valence-electron chi connectivity index (χ1n) is 5.49. The van der Waals surface area contributed by atoms with E-state index in [-0.39, 0.29) is 11.7 Å². The Kier molecular flexibility index (Phi) is 3.37. The van der Waals surface area contributed by atoms with Crippen LogP contribution in [-0.4, -0.2) is 18.2 Å². The van der Waals surface area contributed by atoms with E-state index in [1.54, 1.807) is 19.1 Å². The van der Waals surface area contributed by atoms with Gasteiger partial charge in [0.2, 0.25) is 5.91 Å². The van der Waals surface area contributed by atoms with Gasteiger partial charge in [0.15, 0.2) is 0 Å². The van der Waals surface area contributed by atoms with E-state index in [1.165, 1.54) is 6.07 Å². The third-order valence-electron chi connectivity index (χ3n) is 2.50. The number of amides is 1. The van der Waals surface area contributed by atoms with Gasteiger partial charge in [0, 0.05) is 12.8 Å². The zero-order chi connectivity index (χ0) is 12.3. The number of nitrogens with one attached hydrogen (secondary N) is 1. The highest BCUT2D eigenvalue weighted by Crippen LogP contribution is 2.27. The van der Waals surface area contributed by atoms with Gasteiger partial charge in [-0.15, -0.1) is 0 Å². The van der Waals surface area contributed by atoms with Crippen LogP contribution < -0.4 is 10.2 Å². The highest BCUT2D eigenvalue weighted by molar-refractivity contribution is 6.04. The number of hydrogen-bond donors (Lipinski definition) is 1.